The highest BCUT2D eigenvalue weighted by Crippen LogP contribution is 2.18. The van der Waals surface area contributed by atoms with Crippen molar-refractivity contribution in [3.05, 3.63) is 36.0 Å². The second-order valence-electron chi connectivity index (χ2n) is 5.76. The Balaban J connectivity index is 2.08. The average Bonchev–Trinajstić information content (AvgIpc) is 3.05. The number of esters is 1. The van der Waals surface area contributed by atoms with Crippen LogP contribution in [0.15, 0.2) is 24.4 Å². The molecule has 25 heavy (non-hydrogen) atoms. The summed E-state index contributed by atoms with van der Waals surface area (Å²) in [5.41, 5.74) is 0. The maximum atomic E-state index is 12.2. The Bertz CT molecular complexity index is 701. The van der Waals surface area contributed by atoms with E-state index in [2.05, 4.69) is 30.8 Å². The van der Waals surface area contributed by atoms with E-state index < -0.39 is 18.0 Å². The van der Waals surface area contributed by atoms with E-state index in [0.29, 0.717) is 18.1 Å². The largest absolute Gasteiger partial charge is 0.460 e. The zero-order valence-corrected chi connectivity index (χ0v) is 14.4. The highest BCUT2D eigenvalue weighted by molar-refractivity contribution is 5.88. The van der Waals surface area contributed by atoms with Gasteiger partial charge in [-0.3, -0.25) is 10.4 Å². The van der Waals surface area contributed by atoms with Gasteiger partial charge in [-0.2, -0.15) is 0 Å². The number of H-pyrrole nitrogens is 1. The van der Waals surface area contributed by atoms with Gasteiger partial charge in [0.15, 0.2) is 0 Å². The lowest BCUT2D eigenvalue weighted by atomic mass is 10.0. The maximum Gasteiger partial charge on any atom is 0.378 e. The molecule has 0 spiro atoms. The molecule has 2 aromatic heterocycles. The van der Waals surface area contributed by atoms with E-state index in [1.54, 1.807) is 31.3 Å². The fourth-order valence-corrected chi connectivity index (χ4v) is 2.17. The van der Waals surface area contributed by atoms with Crippen molar-refractivity contribution >= 4 is 17.8 Å². The number of anilines is 1. The second-order valence-corrected chi connectivity index (χ2v) is 5.76. The van der Waals surface area contributed by atoms with Crippen molar-refractivity contribution in [1.29, 1.82) is 0 Å². The molecule has 1 unspecified atom stereocenters. The zero-order chi connectivity index (χ0) is 18.2. The molecule has 2 heterocycles. The number of ether oxygens (including phenoxy) is 1. The molecule has 1 atom stereocenters. The summed E-state index contributed by atoms with van der Waals surface area (Å²) in [7, 11) is 0. The van der Waals surface area contributed by atoms with Gasteiger partial charge in [0.05, 0.1) is 12.6 Å². The number of carbonyl (C=O) groups is 2. The van der Waals surface area contributed by atoms with E-state index in [0.717, 1.165) is 0 Å². The van der Waals surface area contributed by atoms with Crippen LogP contribution in [-0.4, -0.2) is 38.8 Å². The number of aromatic nitrogens is 4. The summed E-state index contributed by atoms with van der Waals surface area (Å²) in [6, 6.07) is 4.37. The van der Waals surface area contributed by atoms with Crippen LogP contribution in [0.25, 0.3) is 0 Å². The summed E-state index contributed by atoms with van der Waals surface area (Å²) in [6.45, 7) is 5.99. The van der Waals surface area contributed by atoms with Gasteiger partial charge >= 0.3 is 12.0 Å². The Morgan fingerprint density at radius 2 is 2.12 bits per heavy atom. The van der Waals surface area contributed by atoms with Crippen LogP contribution in [-0.2, 0) is 4.74 Å². The standard InChI is InChI=1S/C16H22N6O3/c1-4-25-15(23)14-20-13(21-22-14)11(9-10(2)3)18-16(24)19-12-7-5-6-8-17-12/h5-8,10-11H,4,9H2,1-3H3,(H,20,21,22)(H2,17,18,19,24). The third-order valence-corrected chi connectivity index (χ3v) is 3.21. The molecule has 0 aliphatic heterocycles. The molecule has 0 aliphatic carbocycles. The first kappa shape index (κ1) is 18.4. The fourth-order valence-electron chi connectivity index (χ4n) is 2.17. The second kappa shape index (κ2) is 8.76. The summed E-state index contributed by atoms with van der Waals surface area (Å²) >= 11 is 0. The van der Waals surface area contributed by atoms with Gasteiger partial charge in [0.2, 0.25) is 0 Å². The number of hydrogen-bond acceptors (Lipinski definition) is 6. The average molecular weight is 346 g/mol. The van der Waals surface area contributed by atoms with Crippen molar-refractivity contribution in [2.45, 2.75) is 33.2 Å². The van der Waals surface area contributed by atoms with Crippen molar-refractivity contribution < 1.29 is 14.3 Å². The lowest BCUT2D eigenvalue weighted by Crippen LogP contribution is -2.34. The van der Waals surface area contributed by atoms with Gasteiger partial charge < -0.3 is 10.1 Å². The number of rotatable bonds is 7. The molecule has 9 heteroatoms. The van der Waals surface area contributed by atoms with Crippen LogP contribution in [0.3, 0.4) is 0 Å². The Morgan fingerprint density at radius 1 is 1.32 bits per heavy atom. The minimum Gasteiger partial charge on any atom is -0.460 e. The molecule has 3 N–H and O–H groups in total. The Labute approximate surface area is 145 Å². The van der Waals surface area contributed by atoms with Gasteiger partial charge in [0.25, 0.3) is 5.82 Å². The van der Waals surface area contributed by atoms with Crippen LogP contribution in [0, 0.1) is 5.92 Å². The first-order valence-electron chi connectivity index (χ1n) is 8.07. The molecule has 0 fully saturated rings. The van der Waals surface area contributed by atoms with Gasteiger partial charge in [-0.25, -0.2) is 19.6 Å². The number of carbonyl (C=O) groups excluding carboxylic acids is 2. The van der Waals surface area contributed by atoms with Crippen LogP contribution in [0.4, 0.5) is 10.6 Å². The molecule has 2 rings (SSSR count). The van der Waals surface area contributed by atoms with E-state index in [1.807, 2.05) is 13.8 Å². The molecule has 0 saturated carbocycles. The maximum absolute atomic E-state index is 12.2. The summed E-state index contributed by atoms with van der Waals surface area (Å²) in [6.07, 6.45) is 2.20. The quantitative estimate of drug-likeness (QED) is 0.661. The number of pyridine rings is 1. The van der Waals surface area contributed by atoms with E-state index in [9.17, 15) is 9.59 Å². The van der Waals surface area contributed by atoms with Crippen molar-refractivity contribution in [3.8, 4) is 0 Å². The van der Waals surface area contributed by atoms with Crippen LogP contribution in [0.5, 0.6) is 0 Å². The van der Waals surface area contributed by atoms with Crippen LogP contribution < -0.4 is 10.6 Å². The SMILES string of the molecule is CCOC(=O)c1n[nH]c(C(CC(C)C)NC(=O)Nc2ccccn2)n1. The van der Waals surface area contributed by atoms with Gasteiger partial charge in [-0.15, -0.1) is 5.10 Å². The van der Waals surface area contributed by atoms with E-state index in [-0.39, 0.29) is 18.3 Å². The molecule has 2 amide bonds. The minimum atomic E-state index is -0.605. The van der Waals surface area contributed by atoms with Crippen LogP contribution in [0.1, 0.15) is 49.7 Å². The summed E-state index contributed by atoms with van der Waals surface area (Å²) in [5.74, 6) is 0.459. The van der Waals surface area contributed by atoms with E-state index in [1.165, 1.54) is 0 Å². The normalized spacial score (nSPS) is 11.8. The Kier molecular flexibility index (Phi) is 6.44. The molecule has 0 aromatic carbocycles. The van der Waals surface area contributed by atoms with Gasteiger partial charge in [-0.1, -0.05) is 19.9 Å². The number of nitrogens with zero attached hydrogens (tertiary/aromatic N) is 3. The van der Waals surface area contributed by atoms with Gasteiger partial charge in [0, 0.05) is 6.20 Å². The first-order chi connectivity index (χ1) is 12.0. The minimum absolute atomic E-state index is 0.0578. The lowest BCUT2D eigenvalue weighted by molar-refractivity contribution is 0.0512. The smallest absolute Gasteiger partial charge is 0.378 e. The molecule has 0 bridgehead atoms. The number of aromatic amines is 1. The van der Waals surface area contributed by atoms with Crippen molar-refractivity contribution in [2.24, 2.45) is 5.92 Å². The molecule has 0 aliphatic rings. The third-order valence-electron chi connectivity index (χ3n) is 3.21. The van der Waals surface area contributed by atoms with Gasteiger partial charge in [0.1, 0.15) is 11.6 Å². The fraction of sp³-hybridized carbons (Fsp3) is 0.438. The van der Waals surface area contributed by atoms with Gasteiger partial charge in [-0.05, 0) is 31.4 Å². The number of hydrogen-bond donors (Lipinski definition) is 3. The van der Waals surface area contributed by atoms with E-state index >= 15 is 0 Å². The predicted molar refractivity (Wildman–Crippen MR) is 90.9 cm³/mol. The van der Waals surface area contributed by atoms with Crippen LogP contribution >= 0.6 is 0 Å². The monoisotopic (exact) mass is 346 g/mol. The van der Waals surface area contributed by atoms with Crippen molar-refractivity contribution in [3.63, 3.8) is 0 Å². The molecule has 9 nitrogen and oxygen atoms in total. The lowest BCUT2D eigenvalue weighted by Gasteiger charge is -2.18. The summed E-state index contributed by atoms with van der Waals surface area (Å²) in [4.78, 5) is 32.1. The molecule has 134 valence electrons. The third kappa shape index (κ3) is 5.55. The summed E-state index contributed by atoms with van der Waals surface area (Å²) in [5, 5.41) is 12.0. The molecule has 0 saturated heterocycles. The summed E-state index contributed by atoms with van der Waals surface area (Å²) < 4.78 is 4.87. The Hall–Kier alpha value is -2.97. The Morgan fingerprint density at radius 3 is 2.76 bits per heavy atom. The highest BCUT2D eigenvalue weighted by atomic mass is 16.5. The number of nitrogens with one attached hydrogen (secondary N) is 3. The highest BCUT2D eigenvalue weighted by Gasteiger charge is 2.22. The number of urea groups is 1. The predicted octanol–water partition coefficient (Wildman–Crippen LogP) is 2.29. The topological polar surface area (TPSA) is 122 Å². The van der Waals surface area contributed by atoms with E-state index in [4.69, 9.17) is 4.74 Å². The van der Waals surface area contributed by atoms with Crippen molar-refractivity contribution in [1.82, 2.24) is 25.5 Å². The van der Waals surface area contributed by atoms with Crippen LogP contribution in [0.2, 0.25) is 0 Å². The molecule has 2 aromatic rings. The first-order valence-corrected chi connectivity index (χ1v) is 8.07. The molecular weight excluding hydrogens is 324 g/mol. The molecule has 0 radical (unpaired) electrons. The number of amides is 2. The molecular formula is C16H22N6O3. The van der Waals surface area contributed by atoms with Crippen molar-refractivity contribution in [2.75, 3.05) is 11.9 Å². The zero-order valence-electron chi connectivity index (χ0n) is 14.4.